The summed E-state index contributed by atoms with van der Waals surface area (Å²) in [6.07, 6.45) is 0.982. The van der Waals surface area contributed by atoms with Crippen LogP contribution in [-0.4, -0.2) is 26.4 Å². The molecule has 0 radical (unpaired) electrons. The van der Waals surface area contributed by atoms with Crippen molar-refractivity contribution < 1.29 is 13.5 Å². The van der Waals surface area contributed by atoms with Gasteiger partial charge in [0.15, 0.2) is 0 Å². The lowest BCUT2D eigenvalue weighted by molar-refractivity contribution is 0.350. The summed E-state index contributed by atoms with van der Waals surface area (Å²) in [5, 5.41) is 9.84. The predicted octanol–water partition coefficient (Wildman–Crippen LogP) is -1.02. The number of rotatable bonds is 0. The highest BCUT2D eigenvalue weighted by molar-refractivity contribution is 7.95. The molecule has 0 aromatic heterocycles. The monoisotopic (exact) mass is 134 g/mol. The van der Waals surface area contributed by atoms with E-state index < -0.39 is 16.4 Å². The maximum Gasteiger partial charge on any atom is 0.214 e. The number of aliphatic hydroxyl groups excluding tert-OH is 1. The molecule has 0 aliphatic heterocycles. The van der Waals surface area contributed by atoms with E-state index in [-0.39, 0.29) is 0 Å². The Bertz CT molecular complexity index is 203. The molecule has 46 valence electrons. The van der Waals surface area contributed by atoms with Crippen molar-refractivity contribution in [2.45, 2.75) is 0 Å². The van der Waals surface area contributed by atoms with Gasteiger partial charge in [-0.3, -0.25) is 0 Å². The second kappa shape index (κ2) is 2.70. The molecule has 0 heterocycles. The summed E-state index contributed by atoms with van der Waals surface area (Å²) in [4.78, 5) is 0. The molecule has 0 aromatic rings. The maximum absolute atomic E-state index is 10.1. The minimum Gasteiger partial charge on any atom is -0.384 e. The molecule has 0 bridgehead atoms. The van der Waals surface area contributed by atoms with Gasteiger partial charge >= 0.3 is 0 Å². The predicted molar refractivity (Wildman–Crippen MR) is 29.7 cm³/mol. The number of hydrogen-bond donors (Lipinski definition) is 1. The average molecular weight is 134 g/mol. The van der Waals surface area contributed by atoms with Gasteiger partial charge in [-0.05, 0) is 0 Å². The van der Waals surface area contributed by atoms with Gasteiger partial charge in [0, 0.05) is 5.25 Å². The zero-order chi connectivity index (χ0) is 6.62. The van der Waals surface area contributed by atoms with Crippen LogP contribution >= 0.6 is 0 Å². The molecule has 0 aliphatic carbocycles. The van der Waals surface area contributed by atoms with Crippen molar-refractivity contribution in [2.24, 2.45) is 0 Å². The van der Waals surface area contributed by atoms with Crippen LogP contribution in [-0.2, 0) is 9.84 Å². The maximum atomic E-state index is 10.1. The molecule has 0 spiro atoms. The van der Waals surface area contributed by atoms with Crippen molar-refractivity contribution in [3.05, 3.63) is 0 Å². The smallest absolute Gasteiger partial charge is 0.214 e. The summed E-state index contributed by atoms with van der Waals surface area (Å²) in [5.41, 5.74) is 0. The quantitative estimate of drug-likeness (QED) is 0.341. The molecule has 0 saturated carbocycles. The Labute approximate surface area is 48.3 Å². The number of aliphatic hydroxyl groups is 1. The highest BCUT2D eigenvalue weighted by atomic mass is 32.2. The summed E-state index contributed by atoms with van der Waals surface area (Å²) in [5.74, 6) is 2.01. The second-order valence-electron chi connectivity index (χ2n) is 1.21. The molecule has 0 amide bonds. The first-order chi connectivity index (χ1) is 3.56. The molecule has 0 saturated heterocycles. The van der Waals surface area contributed by atoms with Crippen LogP contribution in [0.1, 0.15) is 0 Å². The lowest BCUT2D eigenvalue weighted by Gasteiger charge is -1.74. The third kappa shape index (κ3) is 5.47. The third-order valence-corrected chi connectivity index (χ3v) is 0.852. The summed E-state index contributed by atoms with van der Waals surface area (Å²) < 4.78 is 20.2. The summed E-state index contributed by atoms with van der Waals surface area (Å²) in [7, 11) is -3.21. The SMILES string of the molecule is CS(=O)(=O)C#CCO. The van der Waals surface area contributed by atoms with E-state index >= 15 is 0 Å². The van der Waals surface area contributed by atoms with E-state index in [1.54, 1.807) is 0 Å². The first-order valence-electron chi connectivity index (χ1n) is 1.87. The minimum atomic E-state index is -3.21. The summed E-state index contributed by atoms with van der Waals surface area (Å²) in [6.45, 7) is -0.410. The van der Waals surface area contributed by atoms with Crippen LogP contribution in [0.2, 0.25) is 0 Å². The van der Waals surface area contributed by atoms with Crippen LogP contribution in [0.4, 0.5) is 0 Å². The zero-order valence-electron chi connectivity index (χ0n) is 4.38. The topological polar surface area (TPSA) is 54.4 Å². The summed E-state index contributed by atoms with van der Waals surface area (Å²) in [6, 6.07) is 0. The molecule has 0 atom stereocenters. The van der Waals surface area contributed by atoms with Gasteiger partial charge in [-0.25, -0.2) is 8.42 Å². The molecule has 8 heavy (non-hydrogen) atoms. The third-order valence-electron chi connectivity index (χ3n) is 0.337. The van der Waals surface area contributed by atoms with E-state index in [9.17, 15) is 8.42 Å². The molecular formula is C4H6O3S. The Hall–Kier alpha value is -0.530. The fourth-order valence-electron chi connectivity index (χ4n) is 0.163. The molecule has 0 aromatic carbocycles. The van der Waals surface area contributed by atoms with Gasteiger partial charge in [0.1, 0.15) is 6.61 Å². The van der Waals surface area contributed by atoms with Crippen molar-refractivity contribution in [3.8, 4) is 11.2 Å². The van der Waals surface area contributed by atoms with Gasteiger partial charge in [-0.2, -0.15) is 0 Å². The number of hydrogen-bond acceptors (Lipinski definition) is 3. The molecule has 1 N–H and O–H groups in total. The van der Waals surface area contributed by atoms with Crippen LogP contribution in [0.5, 0.6) is 0 Å². The molecule has 0 fully saturated rings. The largest absolute Gasteiger partial charge is 0.384 e. The fourth-order valence-corrected chi connectivity index (χ4v) is 0.490. The van der Waals surface area contributed by atoms with Gasteiger partial charge in [-0.15, -0.1) is 0 Å². The van der Waals surface area contributed by atoms with Crippen LogP contribution in [0, 0.1) is 11.2 Å². The lowest BCUT2D eigenvalue weighted by atomic mass is 10.8. The first kappa shape index (κ1) is 7.47. The molecule has 0 aliphatic rings. The summed E-state index contributed by atoms with van der Waals surface area (Å²) >= 11 is 0. The van der Waals surface area contributed by atoms with E-state index in [4.69, 9.17) is 5.11 Å². The first-order valence-corrected chi connectivity index (χ1v) is 3.76. The Morgan fingerprint density at radius 1 is 1.62 bits per heavy atom. The molecule has 4 heteroatoms. The normalized spacial score (nSPS) is 9.75. The van der Waals surface area contributed by atoms with Crippen LogP contribution in [0.25, 0.3) is 0 Å². The average Bonchev–Trinajstić information content (AvgIpc) is 1.59. The van der Waals surface area contributed by atoms with Crippen LogP contribution in [0.15, 0.2) is 0 Å². The highest BCUT2D eigenvalue weighted by Gasteiger charge is 1.88. The van der Waals surface area contributed by atoms with Crippen molar-refractivity contribution in [3.63, 3.8) is 0 Å². The molecule has 0 rings (SSSR count). The fraction of sp³-hybridized carbons (Fsp3) is 0.500. The van der Waals surface area contributed by atoms with Gasteiger partial charge in [0.2, 0.25) is 9.84 Å². The zero-order valence-corrected chi connectivity index (χ0v) is 5.20. The van der Waals surface area contributed by atoms with E-state index in [1.165, 1.54) is 0 Å². The van der Waals surface area contributed by atoms with Gasteiger partial charge in [0.05, 0.1) is 6.26 Å². The Kier molecular flexibility index (Phi) is 2.52. The van der Waals surface area contributed by atoms with Crippen molar-refractivity contribution in [2.75, 3.05) is 12.9 Å². The second-order valence-corrected chi connectivity index (χ2v) is 2.96. The van der Waals surface area contributed by atoms with Gasteiger partial charge in [0.25, 0.3) is 0 Å². The Morgan fingerprint density at radius 2 is 2.12 bits per heavy atom. The van der Waals surface area contributed by atoms with E-state index in [0.717, 1.165) is 6.26 Å². The van der Waals surface area contributed by atoms with Crippen molar-refractivity contribution in [1.29, 1.82) is 0 Å². The van der Waals surface area contributed by atoms with Crippen molar-refractivity contribution >= 4 is 9.84 Å². The highest BCUT2D eigenvalue weighted by Crippen LogP contribution is 1.72. The van der Waals surface area contributed by atoms with E-state index in [2.05, 4.69) is 0 Å². The lowest BCUT2D eigenvalue weighted by Crippen LogP contribution is -1.89. The van der Waals surface area contributed by atoms with Crippen LogP contribution < -0.4 is 0 Å². The molecule has 3 nitrogen and oxygen atoms in total. The van der Waals surface area contributed by atoms with Crippen molar-refractivity contribution in [1.82, 2.24) is 0 Å². The van der Waals surface area contributed by atoms with Crippen LogP contribution in [0.3, 0.4) is 0 Å². The molecule has 0 unspecified atom stereocenters. The molecular weight excluding hydrogens is 128 g/mol. The van der Waals surface area contributed by atoms with E-state index in [0.29, 0.717) is 0 Å². The van der Waals surface area contributed by atoms with Gasteiger partial charge < -0.3 is 5.11 Å². The Balaban J connectivity index is 4.12. The Morgan fingerprint density at radius 3 is 2.25 bits per heavy atom. The van der Waals surface area contributed by atoms with Gasteiger partial charge in [-0.1, -0.05) is 5.92 Å². The van der Waals surface area contributed by atoms with E-state index in [1.807, 2.05) is 11.2 Å². The standard InChI is InChI=1S/C4H6O3S/c1-8(6,7)4-2-3-5/h5H,3H2,1H3. The minimum absolute atomic E-state index is 0.410. The number of sulfone groups is 1.